The smallest absolute Gasteiger partial charge is 0.312 e. The number of fused-ring (bicyclic) bond motifs is 1. The van der Waals surface area contributed by atoms with Crippen molar-refractivity contribution in [2.45, 2.75) is 33.9 Å². The van der Waals surface area contributed by atoms with E-state index in [1.54, 1.807) is 18.7 Å². The highest BCUT2D eigenvalue weighted by Gasteiger charge is 2.24. The number of nitrogens with zero attached hydrogens (tertiary/aromatic N) is 4. The summed E-state index contributed by atoms with van der Waals surface area (Å²) in [5, 5.41) is 15.3. The minimum atomic E-state index is -0.467. The summed E-state index contributed by atoms with van der Waals surface area (Å²) in [4.78, 5) is 25.1. The number of aryl methyl sites for hydroxylation is 1. The van der Waals surface area contributed by atoms with Crippen molar-refractivity contribution in [3.63, 3.8) is 0 Å². The standard InChI is InChI=1S/C18H22N4O5/c1-4-20(10-14-5-6-15-16(9-14)27-8-7-26-15)17(23)11-21-13(3)18(22(24)25)12(2)19-21/h5-6,9H,4,7-8,10-11H2,1-3H3. The molecule has 0 fully saturated rings. The number of hydrogen-bond donors (Lipinski definition) is 0. The van der Waals surface area contributed by atoms with Gasteiger partial charge < -0.3 is 14.4 Å². The summed E-state index contributed by atoms with van der Waals surface area (Å²) in [5.41, 5.74) is 1.56. The molecule has 0 unspecified atom stereocenters. The number of carbonyl (C=O) groups excluding carboxylic acids is 1. The predicted octanol–water partition coefficient (Wildman–Crippen LogP) is 2.23. The van der Waals surface area contributed by atoms with E-state index in [-0.39, 0.29) is 18.1 Å². The second kappa shape index (κ2) is 7.65. The summed E-state index contributed by atoms with van der Waals surface area (Å²) in [6.07, 6.45) is 0. The molecule has 1 aromatic carbocycles. The van der Waals surface area contributed by atoms with Gasteiger partial charge in [-0.25, -0.2) is 0 Å². The van der Waals surface area contributed by atoms with Crippen LogP contribution in [-0.2, 0) is 17.9 Å². The van der Waals surface area contributed by atoms with Crippen LogP contribution in [0.4, 0.5) is 5.69 Å². The Morgan fingerprint density at radius 1 is 1.30 bits per heavy atom. The maximum Gasteiger partial charge on any atom is 0.312 e. The molecule has 1 aromatic heterocycles. The van der Waals surface area contributed by atoms with Crippen LogP contribution >= 0.6 is 0 Å². The van der Waals surface area contributed by atoms with E-state index in [9.17, 15) is 14.9 Å². The maximum atomic E-state index is 12.7. The number of likely N-dealkylation sites (N-methyl/N-ethyl adjacent to an activating group) is 1. The largest absolute Gasteiger partial charge is 0.486 e. The van der Waals surface area contributed by atoms with Crippen molar-refractivity contribution < 1.29 is 19.2 Å². The third-order valence-electron chi connectivity index (χ3n) is 4.53. The van der Waals surface area contributed by atoms with E-state index in [1.807, 2.05) is 25.1 Å². The van der Waals surface area contributed by atoms with E-state index in [0.29, 0.717) is 49.2 Å². The summed E-state index contributed by atoms with van der Waals surface area (Å²) in [6, 6.07) is 5.61. The molecule has 0 saturated heterocycles. The SMILES string of the molecule is CCN(Cc1ccc2c(c1)OCCO2)C(=O)Cn1nc(C)c([N+](=O)[O-])c1C. The molecule has 0 spiro atoms. The molecular weight excluding hydrogens is 352 g/mol. The second-order valence-electron chi connectivity index (χ2n) is 6.32. The predicted molar refractivity (Wildman–Crippen MR) is 96.9 cm³/mol. The lowest BCUT2D eigenvalue weighted by atomic mass is 10.1. The summed E-state index contributed by atoms with van der Waals surface area (Å²) in [7, 11) is 0. The van der Waals surface area contributed by atoms with Gasteiger partial charge in [0, 0.05) is 13.1 Å². The van der Waals surface area contributed by atoms with E-state index in [1.165, 1.54) is 4.68 Å². The summed E-state index contributed by atoms with van der Waals surface area (Å²) in [5.74, 6) is 1.22. The number of nitro groups is 1. The first-order valence-electron chi connectivity index (χ1n) is 8.75. The molecule has 2 aromatic rings. The van der Waals surface area contributed by atoms with Crippen molar-refractivity contribution in [3.05, 3.63) is 45.3 Å². The summed E-state index contributed by atoms with van der Waals surface area (Å²) in [6.45, 7) is 6.96. The molecule has 1 aliphatic heterocycles. The number of carbonyl (C=O) groups is 1. The Bertz CT molecular complexity index is 877. The van der Waals surface area contributed by atoms with Crippen LogP contribution in [0.5, 0.6) is 11.5 Å². The third kappa shape index (κ3) is 3.86. The van der Waals surface area contributed by atoms with Gasteiger partial charge in [-0.05, 0) is 38.5 Å². The van der Waals surface area contributed by atoms with Gasteiger partial charge in [-0.15, -0.1) is 0 Å². The molecule has 0 saturated carbocycles. The molecule has 9 heteroatoms. The van der Waals surface area contributed by atoms with Crippen LogP contribution in [0, 0.1) is 24.0 Å². The van der Waals surface area contributed by atoms with Gasteiger partial charge in [0.2, 0.25) is 5.91 Å². The highest BCUT2D eigenvalue weighted by atomic mass is 16.6. The highest BCUT2D eigenvalue weighted by molar-refractivity contribution is 5.76. The van der Waals surface area contributed by atoms with Gasteiger partial charge in [0.1, 0.15) is 31.1 Å². The Morgan fingerprint density at radius 2 is 2.00 bits per heavy atom. The molecule has 0 radical (unpaired) electrons. The number of benzene rings is 1. The number of rotatable bonds is 6. The zero-order valence-electron chi connectivity index (χ0n) is 15.6. The van der Waals surface area contributed by atoms with E-state index in [2.05, 4.69) is 5.10 Å². The first kappa shape index (κ1) is 18.7. The van der Waals surface area contributed by atoms with Gasteiger partial charge in [-0.2, -0.15) is 5.10 Å². The van der Waals surface area contributed by atoms with Crippen LogP contribution in [0.25, 0.3) is 0 Å². The fourth-order valence-corrected chi connectivity index (χ4v) is 3.12. The van der Waals surface area contributed by atoms with Crippen LogP contribution in [0.2, 0.25) is 0 Å². The van der Waals surface area contributed by atoms with Crippen molar-refractivity contribution >= 4 is 11.6 Å². The Hall–Kier alpha value is -3.10. The molecule has 0 aliphatic carbocycles. The molecule has 0 bridgehead atoms. The van der Waals surface area contributed by atoms with E-state index >= 15 is 0 Å². The first-order valence-corrected chi connectivity index (χ1v) is 8.75. The quantitative estimate of drug-likeness (QED) is 0.568. The molecule has 3 rings (SSSR count). The zero-order chi connectivity index (χ0) is 19.6. The molecule has 27 heavy (non-hydrogen) atoms. The number of amides is 1. The van der Waals surface area contributed by atoms with Crippen LogP contribution in [0.3, 0.4) is 0 Å². The van der Waals surface area contributed by atoms with E-state index < -0.39 is 4.92 Å². The van der Waals surface area contributed by atoms with Crippen molar-refractivity contribution in [1.29, 1.82) is 0 Å². The number of ether oxygens (including phenoxy) is 2. The van der Waals surface area contributed by atoms with Crippen LogP contribution in [0.15, 0.2) is 18.2 Å². The minimum Gasteiger partial charge on any atom is -0.486 e. The molecular formula is C18H22N4O5. The molecule has 1 amide bonds. The monoisotopic (exact) mass is 374 g/mol. The van der Waals surface area contributed by atoms with Crippen molar-refractivity contribution in [2.75, 3.05) is 19.8 Å². The average molecular weight is 374 g/mol. The second-order valence-corrected chi connectivity index (χ2v) is 6.32. The Balaban J connectivity index is 1.73. The van der Waals surface area contributed by atoms with Crippen LogP contribution < -0.4 is 9.47 Å². The lowest BCUT2D eigenvalue weighted by molar-refractivity contribution is -0.386. The third-order valence-corrected chi connectivity index (χ3v) is 4.53. The van der Waals surface area contributed by atoms with Crippen LogP contribution in [-0.4, -0.2) is 45.3 Å². The summed E-state index contributed by atoms with van der Waals surface area (Å²) < 4.78 is 12.5. The van der Waals surface area contributed by atoms with Crippen molar-refractivity contribution in [1.82, 2.24) is 14.7 Å². The maximum absolute atomic E-state index is 12.7. The zero-order valence-corrected chi connectivity index (χ0v) is 15.6. The molecule has 0 N–H and O–H groups in total. The fourth-order valence-electron chi connectivity index (χ4n) is 3.12. The van der Waals surface area contributed by atoms with Gasteiger partial charge >= 0.3 is 5.69 Å². The molecule has 144 valence electrons. The van der Waals surface area contributed by atoms with Crippen molar-refractivity contribution in [2.24, 2.45) is 0 Å². The lowest BCUT2D eigenvalue weighted by Gasteiger charge is -2.23. The Morgan fingerprint density at radius 3 is 2.63 bits per heavy atom. The van der Waals surface area contributed by atoms with E-state index in [0.717, 1.165) is 5.56 Å². The molecule has 9 nitrogen and oxygen atoms in total. The average Bonchev–Trinajstić information content (AvgIpc) is 2.92. The Kier molecular flexibility index (Phi) is 5.29. The molecule has 2 heterocycles. The van der Waals surface area contributed by atoms with E-state index in [4.69, 9.17) is 9.47 Å². The lowest BCUT2D eigenvalue weighted by Crippen LogP contribution is -2.33. The normalized spacial score (nSPS) is 12.7. The molecule has 0 atom stereocenters. The van der Waals surface area contributed by atoms with Crippen LogP contribution in [0.1, 0.15) is 23.9 Å². The topological polar surface area (TPSA) is 99.7 Å². The van der Waals surface area contributed by atoms with Gasteiger partial charge in [0.05, 0.1) is 4.92 Å². The fraction of sp³-hybridized carbons (Fsp3) is 0.444. The van der Waals surface area contributed by atoms with Gasteiger partial charge in [0.15, 0.2) is 11.5 Å². The number of aromatic nitrogens is 2. The minimum absolute atomic E-state index is 0.0428. The number of hydrogen-bond acceptors (Lipinski definition) is 6. The highest BCUT2D eigenvalue weighted by Crippen LogP contribution is 2.31. The van der Waals surface area contributed by atoms with Gasteiger partial charge in [-0.3, -0.25) is 19.6 Å². The van der Waals surface area contributed by atoms with Gasteiger partial charge in [0.25, 0.3) is 0 Å². The summed E-state index contributed by atoms with van der Waals surface area (Å²) >= 11 is 0. The Labute approximate surface area is 156 Å². The van der Waals surface area contributed by atoms with Gasteiger partial charge in [-0.1, -0.05) is 6.07 Å². The molecule has 1 aliphatic rings. The van der Waals surface area contributed by atoms with Crippen molar-refractivity contribution in [3.8, 4) is 11.5 Å². The first-order chi connectivity index (χ1) is 12.9.